The smallest absolute Gasteiger partial charge is 0.410 e. The standard InChI is InChI=1S/C14H24N2O3/c1-13(2,3)19-12(17)16-8-11-6-10-7-15-5-4-14(10,9-16)18-11/h10-11,15H,4-9H2,1-3H3/t10?,11-,14-/m1/s1. The van der Waals surface area contributed by atoms with Gasteiger partial charge in [-0.25, -0.2) is 4.79 Å². The van der Waals surface area contributed by atoms with Crippen molar-refractivity contribution in [3.8, 4) is 0 Å². The quantitative estimate of drug-likeness (QED) is 0.721. The van der Waals surface area contributed by atoms with Crippen LogP contribution in [0.4, 0.5) is 4.79 Å². The molecule has 108 valence electrons. The van der Waals surface area contributed by atoms with E-state index in [0.29, 0.717) is 19.0 Å². The molecule has 3 heterocycles. The van der Waals surface area contributed by atoms with Crippen molar-refractivity contribution in [1.82, 2.24) is 10.2 Å². The molecule has 3 saturated heterocycles. The topological polar surface area (TPSA) is 50.8 Å². The molecule has 3 atom stereocenters. The highest BCUT2D eigenvalue weighted by Crippen LogP contribution is 2.44. The number of nitrogens with zero attached hydrogens (tertiary/aromatic N) is 1. The number of fused-ring (bicyclic) bond motifs is 1. The Hall–Kier alpha value is -0.810. The predicted octanol–water partition coefficient (Wildman–Crippen LogP) is 1.37. The van der Waals surface area contributed by atoms with E-state index in [9.17, 15) is 4.79 Å². The number of hydrogen-bond donors (Lipinski definition) is 1. The molecule has 1 amide bonds. The van der Waals surface area contributed by atoms with Crippen molar-refractivity contribution in [3.63, 3.8) is 0 Å². The molecule has 0 aromatic heterocycles. The third-order valence-corrected chi connectivity index (χ3v) is 4.34. The summed E-state index contributed by atoms with van der Waals surface area (Å²) in [4.78, 5) is 14.1. The minimum absolute atomic E-state index is 0.120. The fraction of sp³-hybridized carbons (Fsp3) is 0.929. The molecule has 1 spiro atoms. The summed E-state index contributed by atoms with van der Waals surface area (Å²) in [6.45, 7) is 9.07. The van der Waals surface area contributed by atoms with Crippen LogP contribution in [0.5, 0.6) is 0 Å². The summed E-state index contributed by atoms with van der Waals surface area (Å²) in [5.74, 6) is 0.540. The number of piperidine rings is 1. The van der Waals surface area contributed by atoms with Crippen LogP contribution in [0, 0.1) is 5.92 Å². The molecule has 5 heteroatoms. The highest BCUT2D eigenvalue weighted by Gasteiger charge is 2.55. The molecule has 19 heavy (non-hydrogen) atoms. The normalized spacial score (nSPS) is 37.9. The van der Waals surface area contributed by atoms with Gasteiger partial charge < -0.3 is 19.7 Å². The molecule has 3 rings (SSSR count). The van der Waals surface area contributed by atoms with Crippen LogP contribution in [0.3, 0.4) is 0 Å². The molecule has 0 aromatic rings. The first-order chi connectivity index (χ1) is 8.88. The molecular formula is C14H24N2O3. The Morgan fingerprint density at radius 3 is 3.00 bits per heavy atom. The SMILES string of the molecule is CC(C)(C)OC(=O)N1C[C@H]2CC3CNCC[C@]3(C1)O2. The Kier molecular flexibility index (Phi) is 3.02. The lowest BCUT2D eigenvalue weighted by Gasteiger charge is -2.44. The maximum Gasteiger partial charge on any atom is 0.410 e. The Morgan fingerprint density at radius 2 is 2.26 bits per heavy atom. The molecule has 0 radical (unpaired) electrons. The van der Waals surface area contributed by atoms with Crippen molar-refractivity contribution >= 4 is 6.09 Å². The van der Waals surface area contributed by atoms with Crippen molar-refractivity contribution in [2.24, 2.45) is 5.92 Å². The first kappa shape index (κ1) is 13.2. The summed E-state index contributed by atoms with van der Waals surface area (Å²) in [6.07, 6.45) is 2.05. The highest BCUT2D eigenvalue weighted by atomic mass is 16.6. The number of carbonyl (C=O) groups is 1. The maximum atomic E-state index is 12.2. The number of amides is 1. The summed E-state index contributed by atoms with van der Waals surface area (Å²) >= 11 is 0. The molecule has 3 aliphatic rings. The average Bonchev–Trinajstić information content (AvgIpc) is 2.56. The Labute approximate surface area is 114 Å². The zero-order chi connectivity index (χ0) is 13.7. The Bertz CT molecular complexity index is 379. The van der Waals surface area contributed by atoms with Crippen LogP contribution in [0.15, 0.2) is 0 Å². The second-order valence-electron chi connectivity index (χ2n) is 7.05. The van der Waals surface area contributed by atoms with Gasteiger partial charge in [0.1, 0.15) is 5.60 Å². The zero-order valence-electron chi connectivity index (χ0n) is 12.1. The van der Waals surface area contributed by atoms with Gasteiger partial charge in [0.25, 0.3) is 0 Å². The van der Waals surface area contributed by atoms with Gasteiger partial charge in [-0.05, 0) is 40.2 Å². The van der Waals surface area contributed by atoms with E-state index >= 15 is 0 Å². The minimum atomic E-state index is -0.431. The molecule has 5 nitrogen and oxygen atoms in total. The van der Waals surface area contributed by atoms with Gasteiger partial charge in [0.15, 0.2) is 0 Å². The van der Waals surface area contributed by atoms with Crippen LogP contribution < -0.4 is 5.32 Å². The summed E-state index contributed by atoms with van der Waals surface area (Å²) in [5, 5.41) is 3.43. The summed E-state index contributed by atoms with van der Waals surface area (Å²) in [5.41, 5.74) is -0.551. The number of likely N-dealkylation sites (tertiary alicyclic amines) is 1. The minimum Gasteiger partial charge on any atom is -0.444 e. The van der Waals surface area contributed by atoms with Crippen molar-refractivity contribution in [2.45, 2.75) is 50.9 Å². The molecule has 0 aliphatic carbocycles. The Morgan fingerprint density at radius 1 is 1.47 bits per heavy atom. The summed E-state index contributed by atoms with van der Waals surface area (Å²) in [6, 6.07) is 0. The number of hydrogen-bond acceptors (Lipinski definition) is 4. The lowest BCUT2D eigenvalue weighted by atomic mass is 9.82. The van der Waals surface area contributed by atoms with Crippen molar-refractivity contribution in [1.29, 1.82) is 0 Å². The van der Waals surface area contributed by atoms with Crippen LogP contribution in [-0.2, 0) is 9.47 Å². The second kappa shape index (κ2) is 4.35. The summed E-state index contributed by atoms with van der Waals surface area (Å²) < 4.78 is 11.7. The third kappa shape index (κ3) is 2.46. The highest BCUT2D eigenvalue weighted by molar-refractivity contribution is 5.68. The average molecular weight is 268 g/mol. The van der Waals surface area contributed by atoms with E-state index in [0.717, 1.165) is 25.9 Å². The van der Waals surface area contributed by atoms with Gasteiger partial charge in [0.2, 0.25) is 0 Å². The van der Waals surface area contributed by atoms with E-state index < -0.39 is 5.60 Å². The predicted molar refractivity (Wildman–Crippen MR) is 71.0 cm³/mol. The lowest BCUT2D eigenvalue weighted by Crippen LogP contribution is -2.59. The monoisotopic (exact) mass is 268 g/mol. The first-order valence-electron chi connectivity index (χ1n) is 7.24. The van der Waals surface area contributed by atoms with E-state index in [-0.39, 0.29) is 17.8 Å². The van der Waals surface area contributed by atoms with Crippen LogP contribution in [-0.4, -0.2) is 54.5 Å². The first-order valence-corrected chi connectivity index (χ1v) is 7.24. The Balaban J connectivity index is 1.72. The number of carbonyl (C=O) groups excluding carboxylic acids is 1. The molecule has 0 aromatic carbocycles. The van der Waals surface area contributed by atoms with E-state index in [2.05, 4.69) is 5.32 Å². The molecule has 0 saturated carbocycles. The largest absolute Gasteiger partial charge is 0.444 e. The molecule has 2 bridgehead atoms. The molecular weight excluding hydrogens is 244 g/mol. The number of morpholine rings is 1. The van der Waals surface area contributed by atoms with Gasteiger partial charge in [-0.3, -0.25) is 0 Å². The lowest BCUT2D eigenvalue weighted by molar-refractivity contribution is -0.128. The van der Waals surface area contributed by atoms with E-state index in [1.165, 1.54) is 0 Å². The van der Waals surface area contributed by atoms with E-state index in [1.54, 1.807) is 0 Å². The van der Waals surface area contributed by atoms with E-state index in [1.807, 2.05) is 25.7 Å². The number of ether oxygens (including phenoxy) is 2. The number of rotatable bonds is 0. The van der Waals surface area contributed by atoms with Crippen LogP contribution in [0.1, 0.15) is 33.6 Å². The summed E-state index contributed by atoms with van der Waals surface area (Å²) in [7, 11) is 0. The fourth-order valence-corrected chi connectivity index (χ4v) is 3.57. The van der Waals surface area contributed by atoms with Gasteiger partial charge >= 0.3 is 6.09 Å². The molecule has 3 aliphatic heterocycles. The molecule has 1 unspecified atom stereocenters. The van der Waals surface area contributed by atoms with Gasteiger partial charge in [-0.2, -0.15) is 0 Å². The van der Waals surface area contributed by atoms with Crippen molar-refractivity contribution in [2.75, 3.05) is 26.2 Å². The molecule has 3 fully saturated rings. The van der Waals surface area contributed by atoms with Gasteiger partial charge in [-0.1, -0.05) is 0 Å². The third-order valence-electron chi connectivity index (χ3n) is 4.34. The zero-order valence-corrected chi connectivity index (χ0v) is 12.1. The fourth-order valence-electron chi connectivity index (χ4n) is 3.57. The van der Waals surface area contributed by atoms with Gasteiger partial charge in [0, 0.05) is 12.5 Å². The van der Waals surface area contributed by atoms with Gasteiger partial charge in [0.05, 0.1) is 24.8 Å². The van der Waals surface area contributed by atoms with Crippen molar-refractivity contribution < 1.29 is 14.3 Å². The van der Waals surface area contributed by atoms with E-state index in [4.69, 9.17) is 9.47 Å². The number of nitrogens with one attached hydrogen (secondary N) is 1. The van der Waals surface area contributed by atoms with Gasteiger partial charge in [-0.15, -0.1) is 0 Å². The second-order valence-corrected chi connectivity index (χ2v) is 7.05. The van der Waals surface area contributed by atoms with Crippen LogP contribution in [0.2, 0.25) is 0 Å². The van der Waals surface area contributed by atoms with Crippen molar-refractivity contribution in [3.05, 3.63) is 0 Å². The van der Waals surface area contributed by atoms with Crippen LogP contribution in [0.25, 0.3) is 0 Å². The maximum absolute atomic E-state index is 12.2. The molecule has 1 N–H and O–H groups in total. The van der Waals surface area contributed by atoms with Crippen LogP contribution >= 0.6 is 0 Å².